The second-order valence-corrected chi connectivity index (χ2v) is 3.94. The van der Waals surface area contributed by atoms with Crippen molar-refractivity contribution in [2.45, 2.75) is 6.42 Å². The molecule has 6 heteroatoms. The number of fused-ring (bicyclic) bond motifs is 1. The number of amides is 1. The maximum absolute atomic E-state index is 11.6. The first-order valence-electron chi connectivity index (χ1n) is 5.75. The summed E-state index contributed by atoms with van der Waals surface area (Å²) in [7, 11) is 1.60. The molecule has 0 fully saturated rings. The van der Waals surface area contributed by atoms with Gasteiger partial charge in [-0.3, -0.25) is 4.79 Å². The van der Waals surface area contributed by atoms with Crippen molar-refractivity contribution in [3.05, 3.63) is 30.0 Å². The summed E-state index contributed by atoms with van der Waals surface area (Å²) in [6.07, 6.45) is 1.89. The number of ether oxygens (including phenoxy) is 1. The van der Waals surface area contributed by atoms with E-state index in [1.165, 1.54) is 0 Å². The van der Waals surface area contributed by atoms with Gasteiger partial charge in [0.1, 0.15) is 11.3 Å². The van der Waals surface area contributed by atoms with Crippen LogP contribution < -0.4 is 15.8 Å². The van der Waals surface area contributed by atoms with Crippen LogP contribution in [0.4, 0.5) is 0 Å². The number of rotatable bonds is 5. The van der Waals surface area contributed by atoms with Gasteiger partial charge in [0.2, 0.25) is 5.91 Å². The number of nitrogens with two attached hydrogens (primary N) is 1. The highest BCUT2D eigenvalue weighted by molar-refractivity contribution is 5.88. The molecule has 1 aromatic heterocycles. The molecule has 5 nitrogen and oxygen atoms in total. The zero-order valence-electron chi connectivity index (χ0n) is 10.6. The predicted molar refractivity (Wildman–Crippen MR) is 75.8 cm³/mol. The van der Waals surface area contributed by atoms with Crippen molar-refractivity contribution in [1.29, 1.82) is 0 Å². The van der Waals surface area contributed by atoms with Gasteiger partial charge in [-0.15, -0.1) is 12.4 Å². The van der Waals surface area contributed by atoms with E-state index in [0.29, 0.717) is 19.5 Å². The molecule has 0 unspecified atom stereocenters. The summed E-state index contributed by atoms with van der Waals surface area (Å²) >= 11 is 0. The van der Waals surface area contributed by atoms with Crippen LogP contribution in [0, 0.1) is 0 Å². The second-order valence-electron chi connectivity index (χ2n) is 3.94. The highest BCUT2D eigenvalue weighted by atomic mass is 35.5. The van der Waals surface area contributed by atoms with E-state index in [4.69, 9.17) is 14.9 Å². The fraction of sp³-hybridized carbons (Fsp3) is 0.308. The maximum Gasteiger partial charge on any atom is 0.224 e. The fourth-order valence-electron chi connectivity index (χ4n) is 1.77. The smallest absolute Gasteiger partial charge is 0.224 e. The lowest BCUT2D eigenvalue weighted by Crippen LogP contribution is -2.30. The van der Waals surface area contributed by atoms with Gasteiger partial charge >= 0.3 is 0 Å². The Morgan fingerprint density at radius 3 is 2.95 bits per heavy atom. The molecule has 0 aliphatic heterocycles. The molecule has 2 rings (SSSR count). The van der Waals surface area contributed by atoms with Gasteiger partial charge in [-0.05, 0) is 12.1 Å². The Balaban J connectivity index is 0.00000180. The molecule has 0 saturated carbocycles. The van der Waals surface area contributed by atoms with E-state index < -0.39 is 0 Å². The van der Waals surface area contributed by atoms with E-state index in [2.05, 4.69) is 5.32 Å². The van der Waals surface area contributed by atoms with E-state index >= 15 is 0 Å². The second kappa shape index (κ2) is 7.01. The molecule has 1 heterocycles. The maximum atomic E-state index is 11.6. The average Bonchev–Trinajstić information content (AvgIpc) is 2.78. The van der Waals surface area contributed by atoms with Crippen molar-refractivity contribution in [2.75, 3.05) is 20.2 Å². The SMILES string of the molecule is COc1ccc2c(CC(=O)NCCN)coc2c1.Cl. The third-order valence-corrected chi connectivity index (χ3v) is 2.68. The number of carbonyl (C=O) groups excluding carboxylic acids is 1. The molecule has 1 amide bonds. The monoisotopic (exact) mass is 284 g/mol. The van der Waals surface area contributed by atoms with Gasteiger partial charge in [0.25, 0.3) is 0 Å². The summed E-state index contributed by atoms with van der Waals surface area (Å²) in [6, 6.07) is 5.54. The zero-order valence-corrected chi connectivity index (χ0v) is 11.5. The molecule has 2 aromatic rings. The van der Waals surface area contributed by atoms with Crippen LogP contribution in [-0.2, 0) is 11.2 Å². The van der Waals surface area contributed by atoms with Crippen molar-refractivity contribution < 1.29 is 13.9 Å². The van der Waals surface area contributed by atoms with E-state index in [1.54, 1.807) is 19.4 Å². The molecular weight excluding hydrogens is 268 g/mol. The van der Waals surface area contributed by atoms with Gasteiger partial charge in [-0.2, -0.15) is 0 Å². The lowest BCUT2D eigenvalue weighted by atomic mass is 10.1. The minimum atomic E-state index is -0.0565. The Bertz CT molecular complexity index is 554. The molecule has 19 heavy (non-hydrogen) atoms. The van der Waals surface area contributed by atoms with Gasteiger partial charge in [0.15, 0.2) is 0 Å². The van der Waals surface area contributed by atoms with Crippen molar-refractivity contribution in [3.8, 4) is 5.75 Å². The van der Waals surface area contributed by atoms with E-state index in [1.807, 2.05) is 12.1 Å². The minimum absolute atomic E-state index is 0. The first-order chi connectivity index (χ1) is 8.74. The van der Waals surface area contributed by atoms with Crippen LogP contribution in [0.25, 0.3) is 11.0 Å². The summed E-state index contributed by atoms with van der Waals surface area (Å²) in [5.41, 5.74) is 6.91. The topological polar surface area (TPSA) is 77.5 Å². The summed E-state index contributed by atoms with van der Waals surface area (Å²) in [5.74, 6) is 0.676. The minimum Gasteiger partial charge on any atom is -0.497 e. The molecule has 0 radical (unpaired) electrons. The Morgan fingerprint density at radius 1 is 1.47 bits per heavy atom. The van der Waals surface area contributed by atoms with Crippen molar-refractivity contribution in [1.82, 2.24) is 5.32 Å². The molecule has 0 atom stereocenters. The first kappa shape index (κ1) is 15.3. The molecule has 3 N–H and O–H groups in total. The summed E-state index contributed by atoms with van der Waals surface area (Å²) < 4.78 is 10.5. The summed E-state index contributed by atoms with van der Waals surface area (Å²) in [5, 5.41) is 3.66. The van der Waals surface area contributed by atoms with Gasteiger partial charge in [-0.1, -0.05) is 0 Å². The molecule has 0 saturated heterocycles. The number of nitrogens with one attached hydrogen (secondary N) is 1. The summed E-state index contributed by atoms with van der Waals surface area (Å²) in [6.45, 7) is 0.928. The molecule has 104 valence electrons. The summed E-state index contributed by atoms with van der Waals surface area (Å²) in [4.78, 5) is 11.6. The number of methoxy groups -OCH3 is 1. The quantitative estimate of drug-likeness (QED) is 0.872. The third-order valence-electron chi connectivity index (χ3n) is 2.68. The number of hydrogen-bond acceptors (Lipinski definition) is 4. The highest BCUT2D eigenvalue weighted by Crippen LogP contribution is 2.25. The van der Waals surface area contributed by atoms with Crippen LogP contribution in [0.2, 0.25) is 0 Å². The standard InChI is InChI=1S/C13H16N2O3.ClH/c1-17-10-2-3-11-9(8-18-12(11)7-10)6-13(16)15-5-4-14;/h2-3,7-8H,4-6,14H2,1H3,(H,15,16);1H. The number of furan rings is 1. The third kappa shape index (κ3) is 3.62. The normalized spacial score (nSPS) is 10.0. The Morgan fingerprint density at radius 2 is 2.26 bits per heavy atom. The largest absolute Gasteiger partial charge is 0.497 e. The molecule has 1 aromatic carbocycles. The average molecular weight is 285 g/mol. The van der Waals surface area contributed by atoms with E-state index in [-0.39, 0.29) is 18.3 Å². The van der Waals surface area contributed by atoms with Crippen LogP contribution >= 0.6 is 12.4 Å². The number of carbonyl (C=O) groups is 1. The van der Waals surface area contributed by atoms with Gasteiger partial charge in [0.05, 0.1) is 19.8 Å². The van der Waals surface area contributed by atoms with Crippen molar-refractivity contribution in [2.24, 2.45) is 5.73 Å². The van der Waals surface area contributed by atoms with Gasteiger partial charge in [0, 0.05) is 30.1 Å². The van der Waals surface area contributed by atoms with Crippen LogP contribution in [0.1, 0.15) is 5.56 Å². The molecule has 0 aliphatic rings. The van der Waals surface area contributed by atoms with E-state index in [0.717, 1.165) is 22.3 Å². The van der Waals surface area contributed by atoms with Crippen LogP contribution in [0.3, 0.4) is 0 Å². The lowest BCUT2D eigenvalue weighted by Gasteiger charge is -2.02. The lowest BCUT2D eigenvalue weighted by molar-refractivity contribution is -0.120. The van der Waals surface area contributed by atoms with Crippen molar-refractivity contribution >= 4 is 29.3 Å². The van der Waals surface area contributed by atoms with Crippen LogP contribution in [0.5, 0.6) is 5.75 Å². The van der Waals surface area contributed by atoms with E-state index in [9.17, 15) is 4.79 Å². The Labute approximate surface area is 117 Å². The Kier molecular flexibility index (Phi) is 5.66. The molecule has 0 aliphatic carbocycles. The van der Waals surface area contributed by atoms with Crippen LogP contribution in [0.15, 0.2) is 28.9 Å². The molecule has 0 spiro atoms. The zero-order chi connectivity index (χ0) is 13.0. The van der Waals surface area contributed by atoms with Crippen LogP contribution in [-0.4, -0.2) is 26.1 Å². The predicted octanol–water partition coefficient (Wildman–Crippen LogP) is 1.48. The van der Waals surface area contributed by atoms with Crippen molar-refractivity contribution in [3.63, 3.8) is 0 Å². The fourth-order valence-corrected chi connectivity index (χ4v) is 1.77. The Hall–Kier alpha value is -1.72. The van der Waals surface area contributed by atoms with Gasteiger partial charge < -0.3 is 20.2 Å². The first-order valence-corrected chi connectivity index (χ1v) is 5.75. The number of halogens is 1. The molecule has 0 bridgehead atoms. The number of benzene rings is 1. The van der Waals surface area contributed by atoms with Gasteiger partial charge in [-0.25, -0.2) is 0 Å². The number of hydrogen-bond donors (Lipinski definition) is 2. The molecular formula is C13H17ClN2O3. The highest BCUT2D eigenvalue weighted by Gasteiger charge is 2.10.